The molecule has 0 spiro atoms. The third kappa shape index (κ3) is 7.28. The molecule has 0 atom stereocenters. The zero-order valence-electron chi connectivity index (χ0n) is 7.66. The molecule has 2 N–H and O–H groups in total. The van der Waals surface area contributed by atoms with E-state index in [0.717, 1.165) is 0 Å². The van der Waals surface area contributed by atoms with Crippen LogP contribution < -0.4 is 5.32 Å². The number of carboxylic acids is 1. The molecule has 0 bridgehead atoms. The summed E-state index contributed by atoms with van der Waals surface area (Å²) in [4.78, 5) is 9.96. The number of hydrogen-bond donors (Lipinski definition) is 2. The topological polar surface area (TPSA) is 67.8 Å². The number of methoxy groups -OCH3 is 2. The van der Waals surface area contributed by atoms with Gasteiger partial charge >= 0.3 is 5.97 Å². The van der Waals surface area contributed by atoms with Crippen molar-refractivity contribution in [2.24, 2.45) is 0 Å². The quantitative estimate of drug-likeness (QED) is 0.338. The van der Waals surface area contributed by atoms with Gasteiger partial charge in [-0.05, 0) is 0 Å². The molecular weight excluding hydrogens is 174 g/mol. The van der Waals surface area contributed by atoms with E-state index < -0.39 is 5.97 Å². The molecule has 74 valence electrons. The molecule has 13 heavy (non-hydrogen) atoms. The highest BCUT2D eigenvalue weighted by atomic mass is 16.7. The zero-order chi connectivity index (χ0) is 10.1. The Morgan fingerprint density at radius 3 is 2.62 bits per heavy atom. The van der Waals surface area contributed by atoms with Gasteiger partial charge in [0.25, 0.3) is 0 Å². The maximum atomic E-state index is 9.96. The van der Waals surface area contributed by atoms with Crippen LogP contribution in [0.3, 0.4) is 0 Å². The maximum Gasteiger partial charge on any atom is 0.381 e. The van der Waals surface area contributed by atoms with E-state index in [4.69, 9.17) is 14.6 Å². The van der Waals surface area contributed by atoms with Crippen molar-refractivity contribution in [2.45, 2.75) is 6.29 Å². The second-order valence-electron chi connectivity index (χ2n) is 2.14. The molecule has 0 heterocycles. The van der Waals surface area contributed by atoms with Crippen LogP contribution in [0.25, 0.3) is 0 Å². The third-order valence-corrected chi connectivity index (χ3v) is 1.25. The lowest BCUT2D eigenvalue weighted by molar-refractivity contribution is -0.130. The monoisotopic (exact) mass is 187 g/mol. The SMILES string of the molecule is COC(CNCC#CC(=O)O)OC. The van der Waals surface area contributed by atoms with Gasteiger partial charge in [0.15, 0.2) is 6.29 Å². The molecule has 0 unspecified atom stereocenters. The number of aliphatic carboxylic acids is 1. The molecule has 5 nitrogen and oxygen atoms in total. The van der Waals surface area contributed by atoms with E-state index in [-0.39, 0.29) is 6.29 Å². The summed E-state index contributed by atoms with van der Waals surface area (Å²) in [6, 6.07) is 0. The van der Waals surface area contributed by atoms with Crippen LogP contribution in [0.5, 0.6) is 0 Å². The molecule has 0 aliphatic carbocycles. The number of rotatable bonds is 5. The molecule has 0 aliphatic heterocycles. The summed E-state index contributed by atoms with van der Waals surface area (Å²) in [5.74, 6) is 3.27. The number of hydrogen-bond acceptors (Lipinski definition) is 4. The molecule has 0 saturated heterocycles. The summed E-state index contributed by atoms with van der Waals surface area (Å²) in [6.45, 7) is 0.775. The minimum Gasteiger partial charge on any atom is -0.472 e. The number of ether oxygens (including phenoxy) is 2. The van der Waals surface area contributed by atoms with Gasteiger partial charge in [-0.15, -0.1) is 0 Å². The molecule has 0 aromatic rings. The first-order valence-electron chi connectivity index (χ1n) is 3.68. The molecule has 0 rings (SSSR count). The molecule has 0 radical (unpaired) electrons. The van der Waals surface area contributed by atoms with Gasteiger partial charge in [-0.25, -0.2) is 4.79 Å². The Kier molecular flexibility index (Phi) is 6.92. The van der Waals surface area contributed by atoms with Crippen LogP contribution in [0.4, 0.5) is 0 Å². The van der Waals surface area contributed by atoms with Crippen LogP contribution >= 0.6 is 0 Å². The van der Waals surface area contributed by atoms with Crippen LogP contribution in [-0.4, -0.2) is 44.7 Å². The predicted octanol–water partition coefficient (Wildman–Crippen LogP) is -0.717. The lowest BCUT2D eigenvalue weighted by Crippen LogP contribution is -2.29. The fraction of sp³-hybridized carbons (Fsp3) is 0.625. The van der Waals surface area contributed by atoms with Crippen LogP contribution in [0.2, 0.25) is 0 Å². The fourth-order valence-electron chi connectivity index (χ4n) is 0.635. The first-order chi connectivity index (χ1) is 6.20. The summed E-state index contributed by atoms with van der Waals surface area (Å²) in [6.07, 6.45) is -0.327. The van der Waals surface area contributed by atoms with Gasteiger partial charge in [-0.2, -0.15) is 0 Å². The Balaban J connectivity index is 3.46. The molecular formula is C8H13NO4. The number of carbonyl (C=O) groups is 1. The average Bonchev–Trinajstić information content (AvgIpc) is 2.11. The summed E-state index contributed by atoms with van der Waals surface area (Å²) < 4.78 is 9.76. The minimum atomic E-state index is -1.13. The third-order valence-electron chi connectivity index (χ3n) is 1.25. The Bertz CT molecular complexity index is 202. The van der Waals surface area contributed by atoms with Crippen molar-refractivity contribution in [1.82, 2.24) is 5.32 Å². The molecule has 5 heteroatoms. The highest BCUT2D eigenvalue weighted by Gasteiger charge is 2.01. The van der Waals surface area contributed by atoms with Crippen molar-refractivity contribution in [1.29, 1.82) is 0 Å². The van der Waals surface area contributed by atoms with Crippen molar-refractivity contribution >= 4 is 5.97 Å². The molecule has 0 saturated carbocycles. The molecule has 0 fully saturated rings. The van der Waals surface area contributed by atoms with Gasteiger partial charge in [0.05, 0.1) is 6.54 Å². The summed E-state index contributed by atoms with van der Waals surface area (Å²) in [5.41, 5.74) is 0. The van der Waals surface area contributed by atoms with Crippen molar-refractivity contribution in [2.75, 3.05) is 27.3 Å². The lowest BCUT2D eigenvalue weighted by atomic mass is 10.5. The van der Waals surface area contributed by atoms with E-state index >= 15 is 0 Å². The van der Waals surface area contributed by atoms with Gasteiger partial charge in [-0.3, -0.25) is 0 Å². The Morgan fingerprint density at radius 1 is 1.54 bits per heavy atom. The van der Waals surface area contributed by atoms with Crippen molar-refractivity contribution in [3.05, 3.63) is 0 Å². The normalized spacial score (nSPS) is 9.46. The van der Waals surface area contributed by atoms with Gasteiger partial charge in [0.2, 0.25) is 0 Å². The van der Waals surface area contributed by atoms with Crippen LogP contribution in [0, 0.1) is 11.8 Å². The first-order valence-corrected chi connectivity index (χ1v) is 3.68. The van der Waals surface area contributed by atoms with E-state index in [2.05, 4.69) is 11.2 Å². The van der Waals surface area contributed by atoms with E-state index in [0.29, 0.717) is 13.1 Å². The Morgan fingerprint density at radius 2 is 2.15 bits per heavy atom. The summed E-state index contributed by atoms with van der Waals surface area (Å²) in [5, 5.41) is 11.0. The number of carboxylic acid groups (broad SMARTS) is 1. The van der Waals surface area contributed by atoms with Crippen LogP contribution in [0.1, 0.15) is 0 Å². The van der Waals surface area contributed by atoms with Gasteiger partial charge in [0.1, 0.15) is 0 Å². The average molecular weight is 187 g/mol. The smallest absolute Gasteiger partial charge is 0.381 e. The first kappa shape index (κ1) is 11.9. The van der Waals surface area contributed by atoms with Gasteiger partial charge in [-0.1, -0.05) is 5.92 Å². The molecule has 0 aliphatic rings. The summed E-state index contributed by atoms with van der Waals surface area (Å²) >= 11 is 0. The largest absolute Gasteiger partial charge is 0.472 e. The number of nitrogens with one attached hydrogen (secondary N) is 1. The van der Waals surface area contributed by atoms with Crippen LogP contribution in [0.15, 0.2) is 0 Å². The van der Waals surface area contributed by atoms with Crippen molar-refractivity contribution < 1.29 is 19.4 Å². The Labute approximate surface area is 77.0 Å². The van der Waals surface area contributed by atoms with Gasteiger partial charge < -0.3 is 19.9 Å². The van der Waals surface area contributed by atoms with Gasteiger partial charge in [0, 0.05) is 26.7 Å². The molecule has 0 aromatic heterocycles. The van der Waals surface area contributed by atoms with Crippen LogP contribution in [-0.2, 0) is 14.3 Å². The van der Waals surface area contributed by atoms with Crippen molar-refractivity contribution in [3.63, 3.8) is 0 Å². The molecule has 0 aromatic carbocycles. The predicted molar refractivity (Wildman–Crippen MR) is 46.1 cm³/mol. The Hall–Kier alpha value is -1.09. The van der Waals surface area contributed by atoms with E-state index in [1.165, 1.54) is 14.2 Å². The zero-order valence-corrected chi connectivity index (χ0v) is 7.66. The molecule has 0 amide bonds. The lowest BCUT2D eigenvalue weighted by Gasteiger charge is -2.12. The minimum absolute atomic E-state index is 0.301. The highest BCUT2D eigenvalue weighted by molar-refractivity contribution is 5.86. The van der Waals surface area contributed by atoms with E-state index in [1.54, 1.807) is 0 Å². The highest BCUT2D eigenvalue weighted by Crippen LogP contribution is 1.86. The second kappa shape index (κ2) is 7.55. The van der Waals surface area contributed by atoms with E-state index in [1.807, 2.05) is 5.92 Å². The van der Waals surface area contributed by atoms with E-state index in [9.17, 15) is 4.79 Å². The van der Waals surface area contributed by atoms with Crippen molar-refractivity contribution in [3.8, 4) is 11.8 Å². The standard InChI is InChI=1S/C8H13NO4/c1-12-8(13-2)6-9-5-3-4-7(10)11/h8-9H,5-6H2,1-2H3,(H,10,11). The summed E-state index contributed by atoms with van der Waals surface area (Å²) in [7, 11) is 3.05. The second-order valence-corrected chi connectivity index (χ2v) is 2.14. The fourth-order valence-corrected chi connectivity index (χ4v) is 0.635. The maximum absolute atomic E-state index is 9.96.